The second kappa shape index (κ2) is 7.53. The molecule has 25 heavy (non-hydrogen) atoms. The number of nitro groups is 2. The van der Waals surface area contributed by atoms with E-state index in [1.165, 1.54) is 18.2 Å². The number of esters is 1. The number of ether oxygens (including phenoxy) is 1. The number of hydrogen-bond acceptors (Lipinski definition) is 8. The first-order valence-electron chi connectivity index (χ1n) is 6.43. The molecule has 0 atom stereocenters. The van der Waals surface area contributed by atoms with Crippen LogP contribution in [0, 0.1) is 20.2 Å². The van der Waals surface area contributed by atoms with E-state index in [2.05, 4.69) is 30.4 Å². The Morgan fingerprint density at radius 1 is 1.16 bits per heavy atom. The van der Waals surface area contributed by atoms with Crippen LogP contribution in [0.15, 0.2) is 39.2 Å². The predicted molar refractivity (Wildman–Crippen MR) is 85.1 cm³/mol. The lowest BCUT2D eigenvalue weighted by Gasteiger charge is -2.07. The minimum Gasteiger partial charge on any atom is -0.450 e. The molecule has 1 aromatic heterocycles. The summed E-state index contributed by atoms with van der Waals surface area (Å²) in [5, 5.41) is 23.5. The van der Waals surface area contributed by atoms with Crippen molar-refractivity contribution in [3.63, 3.8) is 0 Å². The van der Waals surface area contributed by atoms with E-state index in [-0.39, 0.29) is 15.8 Å². The highest BCUT2D eigenvalue weighted by Gasteiger charge is 2.19. The summed E-state index contributed by atoms with van der Waals surface area (Å²) in [6, 6.07) is 5.71. The number of carbonyl (C=O) groups is 2. The molecular weight excluding hydrogens is 406 g/mol. The third kappa shape index (κ3) is 4.60. The second-order valence-electron chi connectivity index (χ2n) is 4.44. The lowest BCUT2D eigenvalue weighted by Crippen LogP contribution is -2.21. The van der Waals surface area contributed by atoms with Crippen molar-refractivity contribution in [1.29, 1.82) is 0 Å². The summed E-state index contributed by atoms with van der Waals surface area (Å²) < 4.78 is 9.57. The summed E-state index contributed by atoms with van der Waals surface area (Å²) in [7, 11) is 0. The van der Waals surface area contributed by atoms with Crippen LogP contribution in [0.2, 0.25) is 0 Å². The Bertz CT molecular complexity index is 863. The van der Waals surface area contributed by atoms with Gasteiger partial charge >= 0.3 is 11.9 Å². The van der Waals surface area contributed by atoms with Crippen molar-refractivity contribution in [3.05, 3.63) is 60.8 Å². The van der Waals surface area contributed by atoms with Crippen LogP contribution in [0.1, 0.15) is 10.6 Å². The third-order valence-electron chi connectivity index (χ3n) is 2.74. The lowest BCUT2D eigenvalue weighted by atomic mass is 10.3. The molecule has 2 aromatic rings. The molecule has 0 saturated carbocycles. The first-order valence-corrected chi connectivity index (χ1v) is 7.22. The highest BCUT2D eigenvalue weighted by molar-refractivity contribution is 9.10. The average molecular weight is 414 g/mol. The van der Waals surface area contributed by atoms with Gasteiger partial charge in [-0.1, -0.05) is 0 Å². The van der Waals surface area contributed by atoms with Crippen LogP contribution in [0.5, 0.6) is 0 Å². The van der Waals surface area contributed by atoms with E-state index in [9.17, 15) is 29.8 Å². The Morgan fingerprint density at radius 3 is 2.44 bits per heavy atom. The Hall–Kier alpha value is -3.28. The standard InChI is InChI=1S/C13H8BrN3O8/c14-8-5-7(16(20)21)1-2-9(8)15-11(18)6-24-13(19)10-3-4-12(25-10)17(22)23/h1-5H,6H2,(H,15,18). The highest BCUT2D eigenvalue weighted by Crippen LogP contribution is 2.27. The molecule has 1 aromatic carbocycles. The predicted octanol–water partition coefficient (Wildman–Crippen LogP) is 2.65. The fraction of sp³-hybridized carbons (Fsp3) is 0.0769. The van der Waals surface area contributed by atoms with Crippen molar-refractivity contribution >= 4 is 45.1 Å². The second-order valence-corrected chi connectivity index (χ2v) is 5.29. The van der Waals surface area contributed by atoms with Crippen molar-refractivity contribution in [2.45, 2.75) is 0 Å². The van der Waals surface area contributed by atoms with Crippen molar-refractivity contribution in [1.82, 2.24) is 0 Å². The summed E-state index contributed by atoms with van der Waals surface area (Å²) in [4.78, 5) is 43.0. The molecular formula is C13H8BrN3O8. The lowest BCUT2D eigenvalue weighted by molar-refractivity contribution is -0.402. The molecule has 12 heteroatoms. The molecule has 0 radical (unpaired) electrons. The van der Waals surface area contributed by atoms with Gasteiger partial charge in [-0.25, -0.2) is 4.79 Å². The van der Waals surface area contributed by atoms with E-state index < -0.39 is 40.0 Å². The highest BCUT2D eigenvalue weighted by atomic mass is 79.9. The number of non-ortho nitro benzene ring substituents is 1. The number of nitro benzene ring substituents is 1. The SMILES string of the molecule is O=C(COC(=O)c1ccc([N+](=O)[O-])o1)Nc1ccc([N+](=O)[O-])cc1Br. The van der Waals surface area contributed by atoms with E-state index in [0.29, 0.717) is 0 Å². The maximum atomic E-state index is 11.8. The number of amides is 1. The molecule has 1 heterocycles. The first-order chi connectivity index (χ1) is 11.8. The van der Waals surface area contributed by atoms with Gasteiger partial charge in [-0.2, -0.15) is 0 Å². The van der Waals surface area contributed by atoms with Crippen LogP contribution in [-0.4, -0.2) is 28.3 Å². The van der Waals surface area contributed by atoms with Gasteiger partial charge in [0.25, 0.3) is 11.6 Å². The van der Waals surface area contributed by atoms with E-state index >= 15 is 0 Å². The van der Waals surface area contributed by atoms with E-state index in [0.717, 1.165) is 12.1 Å². The molecule has 11 nitrogen and oxygen atoms in total. The van der Waals surface area contributed by atoms with Crippen LogP contribution < -0.4 is 5.32 Å². The Balaban J connectivity index is 1.93. The number of anilines is 1. The number of nitrogens with one attached hydrogen (secondary N) is 1. The maximum absolute atomic E-state index is 11.8. The number of rotatable bonds is 6. The van der Waals surface area contributed by atoms with Crippen molar-refractivity contribution in [2.75, 3.05) is 11.9 Å². The van der Waals surface area contributed by atoms with Gasteiger partial charge in [0.05, 0.1) is 16.7 Å². The molecule has 0 spiro atoms. The fourth-order valence-corrected chi connectivity index (χ4v) is 2.11. The summed E-state index contributed by atoms with van der Waals surface area (Å²) in [5.74, 6) is -2.82. The molecule has 2 rings (SSSR count). The van der Waals surface area contributed by atoms with Crippen LogP contribution in [0.4, 0.5) is 17.3 Å². The van der Waals surface area contributed by atoms with Gasteiger partial charge in [-0.05, 0) is 28.1 Å². The zero-order valence-corrected chi connectivity index (χ0v) is 13.7. The van der Waals surface area contributed by atoms with Crippen LogP contribution in [0.3, 0.4) is 0 Å². The Kier molecular flexibility index (Phi) is 5.44. The van der Waals surface area contributed by atoms with E-state index in [1.807, 2.05) is 0 Å². The summed E-state index contributed by atoms with van der Waals surface area (Å²) >= 11 is 3.07. The molecule has 0 aliphatic heterocycles. The van der Waals surface area contributed by atoms with Gasteiger partial charge in [0.15, 0.2) is 6.61 Å². The van der Waals surface area contributed by atoms with Crippen molar-refractivity contribution in [2.24, 2.45) is 0 Å². The number of nitrogens with zero attached hydrogens (tertiary/aromatic N) is 2. The minimum absolute atomic E-state index is 0.171. The van der Waals surface area contributed by atoms with Crippen LogP contribution in [0.25, 0.3) is 0 Å². The van der Waals surface area contributed by atoms with Gasteiger partial charge in [0, 0.05) is 16.6 Å². The quantitative estimate of drug-likeness (QED) is 0.430. The largest absolute Gasteiger partial charge is 0.450 e. The normalized spacial score (nSPS) is 10.1. The molecule has 1 amide bonds. The fourth-order valence-electron chi connectivity index (χ4n) is 1.64. The topological polar surface area (TPSA) is 155 Å². The molecule has 0 saturated heterocycles. The van der Waals surface area contributed by atoms with Crippen molar-refractivity contribution in [3.8, 4) is 0 Å². The minimum atomic E-state index is -1.05. The number of hydrogen-bond donors (Lipinski definition) is 1. The number of carbonyl (C=O) groups excluding carboxylic acids is 2. The number of furan rings is 1. The van der Waals surface area contributed by atoms with Crippen LogP contribution in [-0.2, 0) is 9.53 Å². The Morgan fingerprint density at radius 2 is 1.88 bits per heavy atom. The van der Waals surface area contributed by atoms with E-state index in [1.54, 1.807) is 0 Å². The third-order valence-corrected chi connectivity index (χ3v) is 3.40. The number of benzene rings is 1. The number of halogens is 1. The van der Waals surface area contributed by atoms with E-state index in [4.69, 9.17) is 0 Å². The van der Waals surface area contributed by atoms with Gasteiger partial charge < -0.3 is 14.5 Å². The molecule has 0 bridgehead atoms. The molecule has 0 aliphatic carbocycles. The molecule has 0 fully saturated rings. The zero-order valence-electron chi connectivity index (χ0n) is 12.1. The smallest absolute Gasteiger partial charge is 0.433 e. The molecule has 0 unspecified atom stereocenters. The summed E-state index contributed by atoms with van der Waals surface area (Å²) in [6.07, 6.45) is 0. The van der Waals surface area contributed by atoms with Gasteiger partial charge in [0.1, 0.15) is 4.92 Å². The molecule has 1 N–H and O–H groups in total. The Labute approximate surface area is 147 Å². The molecule has 130 valence electrons. The monoisotopic (exact) mass is 413 g/mol. The van der Waals surface area contributed by atoms with Crippen molar-refractivity contribution < 1.29 is 28.6 Å². The van der Waals surface area contributed by atoms with Gasteiger partial charge in [-0.15, -0.1) is 0 Å². The summed E-state index contributed by atoms with van der Waals surface area (Å²) in [6.45, 7) is -0.684. The average Bonchev–Trinajstić information content (AvgIpc) is 3.04. The zero-order chi connectivity index (χ0) is 18.6. The van der Waals surface area contributed by atoms with Gasteiger partial charge in [0.2, 0.25) is 5.76 Å². The molecule has 0 aliphatic rings. The van der Waals surface area contributed by atoms with Crippen LogP contribution >= 0.6 is 15.9 Å². The first kappa shape index (κ1) is 18.1. The summed E-state index contributed by atoms with van der Waals surface area (Å²) in [5.41, 5.74) is 0.0657. The maximum Gasteiger partial charge on any atom is 0.433 e. The van der Waals surface area contributed by atoms with Gasteiger partial charge in [-0.3, -0.25) is 25.0 Å².